The molecule has 0 aromatic heterocycles. The molecule has 3 N–H and O–H groups in total. The molecule has 23 heavy (non-hydrogen) atoms. The maximum Gasteiger partial charge on any atom is 0.170 e. The Bertz CT molecular complexity index is 473. The molecule has 128 valence electrons. The molecule has 1 aliphatic rings. The number of ether oxygens (including phenoxy) is 3. The van der Waals surface area contributed by atoms with Crippen LogP contribution in [0.2, 0.25) is 0 Å². The summed E-state index contributed by atoms with van der Waals surface area (Å²) in [6.45, 7) is 11.6. The second kappa shape index (κ2) is 10.3. The number of hydrogen-bond donors (Lipinski definition) is 2. The smallest absolute Gasteiger partial charge is 0.170 e. The molecular formula is C18H30N2O3+2. The van der Waals surface area contributed by atoms with E-state index in [-0.39, 0.29) is 0 Å². The van der Waals surface area contributed by atoms with Gasteiger partial charge in [0.15, 0.2) is 11.5 Å². The normalized spacial score (nSPS) is 15.3. The monoisotopic (exact) mass is 322 g/mol. The lowest BCUT2D eigenvalue weighted by Gasteiger charge is -2.23. The van der Waals surface area contributed by atoms with Crippen molar-refractivity contribution in [2.75, 3.05) is 53.1 Å². The molecule has 0 radical (unpaired) electrons. The fraction of sp³-hybridized carbons (Fsp3) is 0.556. The maximum absolute atomic E-state index is 5.78. The van der Waals surface area contributed by atoms with Crippen LogP contribution in [-0.2, 0) is 11.3 Å². The van der Waals surface area contributed by atoms with Gasteiger partial charge < -0.3 is 24.4 Å². The number of quaternary nitrogens is 2. The second-order valence-electron chi connectivity index (χ2n) is 5.80. The molecule has 1 aromatic carbocycles. The van der Waals surface area contributed by atoms with Gasteiger partial charge in [0.1, 0.15) is 26.2 Å². The molecule has 2 rings (SSSR count). The molecule has 1 aliphatic heterocycles. The van der Waals surface area contributed by atoms with Crippen molar-refractivity contribution in [3.05, 3.63) is 36.4 Å². The van der Waals surface area contributed by atoms with E-state index < -0.39 is 0 Å². The van der Waals surface area contributed by atoms with Crippen molar-refractivity contribution < 1.29 is 24.4 Å². The van der Waals surface area contributed by atoms with E-state index in [4.69, 9.17) is 14.2 Å². The van der Waals surface area contributed by atoms with Crippen LogP contribution in [0, 0.1) is 0 Å². The minimum atomic E-state index is 0.494. The fourth-order valence-electron chi connectivity index (χ4n) is 2.85. The van der Waals surface area contributed by atoms with Crippen LogP contribution >= 0.6 is 0 Å². The third-order valence-corrected chi connectivity index (χ3v) is 4.13. The highest BCUT2D eigenvalue weighted by Gasteiger charge is 2.14. The zero-order valence-electron chi connectivity index (χ0n) is 14.2. The summed E-state index contributed by atoms with van der Waals surface area (Å²) in [5.41, 5.74) is 1.17. The highest BCUT2D eigenvalue weighted by atomic mass is 16.5. The highest BCUT2D eigenvalue weighted by Crippen LogP contribution is 2.30. The first-order chi connectivity index (χ1) is 11.3. The number of benzene rings is 1. The Labute approximate surface area is 139 Å². The first-order valence-electron chi connectivity index (χ1n) is 8.47. The van der Waals surface area contributed by atoms with E-state index in [1.165, 1.54) is 18.5 Å². The van der Waals surface area contributed by atoms with Crippen molar-refractivity contribution in [3.63, 3.8) is 0 Å². The molecule has 0 spiro atoms. The Kier molecular flexibility index (Phi) is 7.93. The SMILES string of the molecule is C=CCOc1c(C[NH2+]CCC[NH+]2CCOCC2)cccc1OC. The van der Waals surface area contributed by atoms with E-state index in [2.05, 4.69) is 18.0 Å². The molecule has 0 amide bonds. The Morgan fingerprint density at radius 3 is 2.91 bits per heavy atom. The fourth-order valence-corrected chi connectivity index (χ4v) is 2.85. The van der Waals surface area contributed by atoms with E-state index in [0.29, 0.717) is 6.61 Å². The molecule has 0 atom stereocenters. The standard InChI is InChI=1S/C18H28N2O3/c1-3-12-23-18-16(6-4-7-17(18)21-2)15-19-8-5-9-20-10-13-22-14-11-20/h3-4,6-7,19H,1,5,8-15H2,2H3/p+2. The van der Waals surface area contributed by atoms with E-state index >= 15 is 0 Å². The van der Waals surface area contributed by atoms with Crippen LogP contribution in [0.4, 0.5) is 0 Å². The van der Waals surface area contributed by atoms with Gasteiger partial charge in [-0.05, 0) is 12.1 Å². The number of para-hydroxylation sites is 1. The van der Waals surface area contributed by atoms with Crippen LogP contribution in [0.5, 0.6) is 11.5 Å². The Hall–Kier alpha value is -1.56. The minimum Gasteiger partial charge on any atom is -0.493 e. The number of morpholine rings is 1. The molecule has 0 aliphatic carbocycles. The molecule has 5 nitrogen and oxygen atoms in total. The third kappa shape index (κ3) is 5.86. The predicted molar refractivity (Wildman–Crippen MR) is 90.2 cm³/mol. The lowest BCUT2D eigenvalue weighted by molar-refractivity contribution is -0.909. The predicted octanol–water partition coefficient (Wildman–Crippen LogP) is -0.371. The van der Waals surface area contributed by atoms with Crippen LogP contribution in [0.15, 0.2) is 30.9 Å². The molecule has 1 aromatic rings. The first-order valence-corrected chi connectivity index (χ1v) is 8.47. The van der Waals surface area contributed by atoms with Crippen molar-refractivity contribution in [1.82, 2.24) is 0 Å². The summed E-state index contributed by atoms with van der Waals surface area (Å²) in [7, 11) is 1.68. The van der Waals surface area contributed by atoms with Gasteiger partial charge in [-0.3, -0.25) is 0 Å². The Morgan fingerprint density at radius 1 is 1.35 bits per heavy atom. The Balaban J connectivity index is 1.76. The van der Waals surface area contributed by atoms with E-state index in [0.717, 1.165) is 50.9 Å². The zero-order chi connectivity index (χ0) is 16.3. The molecule has 0 saturated carbocycles. The second-order valence-corrected chi connectivity index (χ2v) is 5.80. The van der Waals surface area contributed by atoms with Gasteiger partial charge in [0.25, 0.3) is 0 Å². The minimum absolute atomic E-state index is 0.494. The molecule has 5 heteroatoms. The number of nitrogens with one attached hydrogen (secondary N) is 1. The number of methoxy groups -OCH3 is 1. The van der Waals surface area contributed by atoms with Crippen LogP contribution in [0.25, 0.3) is 0 Å². The summed E-state index contributed by atoms with van der Waals surface area (Å²) >= 11 is 0. The van der Waals surface area contributed by atoms with Crippen LogP contribution < -0.4 is 19.7 Å². The largest absolute Gasteiger partial charge is 0.493 e. The van der Waals surface area contributed by atoms with Crippen LogP contribution in [-0.4, -0.2) is 53.1 Å². The van der Waals surface area contributed by atoms with Crippen molar-refractivity contribution in [3.8, 4) is 11.5 Å². The zero-order valence-corrected chi connectivity index (χ0v) is 14.2. The van der Waals surface area contributed by atoms with E-state index in [1.54, 1.807) is 18.1 Å². The molecule has 0 unspecified atom stereocenters. The Morgan fingerprint density at radius 2 is 2.17 bits per heavy atom. The molecule has 1 saturated heterocycles. The van der Waals surface area contributed by atoms with Gasteiger partial charge in [-0.15, -0.1) is 0 Å². The maximum atomic E-state index is 5.78. The van der Waals surface area contributed by atoms with Crippen molar-refractivity contribution in [1.29, 1.82) is 0 Å². The number of rotatable bonds is 10. The van der Waals surface area contributed by atoms with Crippen LogP contribution in [0.1, 0.15) is 12.0 Å². The molecule has 1 fully saturated rings. The first kappa shape index (κ1) is 17.8. The summed E-state index contributed by atoms with van der Waals surface area (Å²) in [4.78, 5) is 1.67. The highest BCUT2D eigenvalue weighted by molar-refractivity contribution is 5.46. The van der Waals surface area contributed by atoms with Gasteiger partial charge in [0.2, 0.25) is 0 Å². The van der Waals surface area contributed by atoms with Gasteiger partial charge in [0.05, 0.1) is 39.0 Å². The average molecular weight is 322 g/mol. The van der Waals surface area contributed by atoms with Gasteiger partial charge in [-0.1, -0.05) is 18.7 Å². The topological polar surface area (TPSA) is 48.7 Å². The number of nitrogens with two attached hydrogens (primary N) is 1. The van der Waals surface area contributed by atoms with Gasteiger partial charge >= 0.3 is 0 Å². The molecule has 1 heterocycles. The summed E-state index contributed by atoms with van der Waals surface area (Å²) in [6.07, 6.45) is 2.98. The van der Waals surface area contributed by atoms with Crippen molar-refractivity contribution in [2.24, 2.45) is 0 Å². The molecular weight excluding hydrogens is 292 g/mol. The lowest BCUT2D eigenvalue weighted by atomic mass is 10.2. The summed E-state index contributed by atoms with van der Waals surface area (Å²) in [5, 5.41) is 2.34. The van der Waals surface area contributed by atoms with E-state index in [1.807, 2.05) is 12.1 Å². The summed E-state index contributed by atoms with van der Waals surface area (Å²) in [6, 6.07) is 6.05. The van der Waals surface area contributed by atoms with Crippen LogP contribution in [0.3, 0.4) is 0 Å². The lowest BCUT2D eigenvalue weighted by Crippen LogP contribution is -3.14. The third-order valence-electron chi connectivity index (χ3n) is 4.13. The van der Waals surface area contributed by atoms with Gasteiger partial charge in [-0.2, -0.15) is 0 Å². The average Bonchev–Trinajstić information content (AvgIpc) is 2.60. The quantitative estimate of drug-likeness (QED) is 0.456. The van der Waals surface area contributed by atoms with E-state index in [9.17, 15) is 0 Å². The molecule has 0 bridgehead atoms. The van der Waals surface area contributed by atoms with Crippen molar-refractivity contribution in [2.45, 2.75) is 13.0 Å². The van der Waals surface area contributed by atoms with Crippen molar-refractivity contribution >= 4 is 0 Å². The summed E-state index contributed by atoms with van der Waals surface area (Å²) < 4.78 is 16.6. The van der Waals surface area contributed by atoms with Gasteiger partial charge in [-0.25, -0.2) is 0 Å². The van der Waals surface area contributed by atoms with Gasteiger partial charge in [0, 0.05) is 6.42 Å². The summed E-state index contributed by atoms with van der Waals surface area (Å²) in [5.74, 6) is 1.63. The number of hydrogen-bond acceptors (Lipinski definition) is 3.